The van der Waals surface area contributed by atoms with Crippen LogP contribution in [0, 0.1) is 6.92 Å². The van der Waals surface area contributed by atoms with Crippen LogP contribution in [0.25, 0.3) is 22.8 Å². The number of rotatable bonds is 2. The Kier molecular flexibility index (Phi) is 3.08. The van der Waals surface area contributed by atoms with Gasteiger partial charge in [-0.2, -0.15) is 9.36 Å². The number of anilines is 1. The lowest BCUT2D eigenvalue weighted by Crippen LogP contribution is -1.86. The fourth-order valence-electron chi connectivity index (χ4n) is 1.69. The lowest BCUT2D eigenvalue weighted by Gasteiger charge is -1.94. The first-order chi connectivity index (χ1) is 9.15. The smallest absolute Gasteiger partial charge is 0.263 e. The third-order valence-electron chi connectivity index (χ3n) is 2.63. The van der Waals surface area contributed by atoms with E-state index >= 15 is 0 Å². The van der Waals surface area contributed by atoms with E-state index in [0.29, 0.717) is 16.7 Å². The van der Waals surface area contributed by atoms with Crippen LogP contribution in [0.1, 0.15) is 5.69 Å². The van der Waals surface area contributed by atoms with Crippen molar-refractivity contribution in [3.8, 4) is 22.8 Å². The van der Waals surface area contributed by atoms with Gasteiger partial charge in [0.25, 0.3) is 5.89 Å². The first kappa shape index (κ1) is 12.3. The quantitative estimate of drug-likeness (QED) is 0.774. The second kappa shape index (κ2) is 4.75. The molecule has 0 radical (unpaired) electrons. The van der Waals surface area contributed by atoms with Gasteiger partial charge >= 0.3 is 0 Å². The van der Waals surface area contributed by atoms with E-state index in [-0.39, 0.29) is 0 Å². The molecule has 0 aliphatic rings. The molecule has 0 saturated heterocycles. The average Bonchev–Trinajstić information content (AvgIpc) is 2.98. The van der Waals surface area contributed by atoms with Crippen LogP contribution in [-0.4, -0.2) is 14.5 Å². The van der Waals surface area contributed by atoms with Crippen LogP contribution < -0.4 is 5.73 Å². The monoisotopic (exact) mass is 336 g/mol. The summed E-state index contributed by atoms with van der Waals surface area (Å²) in [5, 5.41) is 4.56. The van der Waals surface area contributed by atoms with Crippen LogP contribution in [0.3, 0.4) is 0 Å². The van der Waals surface area contributed by atoms with Crippen molar-refractivity contribution in [3.05, 3.63) is 34.4 Å². The molecule has 0 fully saturated rings. The molecule has 19 heavy (non-hydrogen) atoms. The van der Waals surface area contributed by atoms with E-state index in [0.717, 1.165) is 21.3 Å². The van der Waals surface area contributed by atoms with E-state index in [2.05, 4.69) is 30.4 Å². The summed E-state index contributed by atoms with van der Waals surface area (Å²) >= 11 is 4.61. The zero-order chi connectivity index (χ0) is 13.4. The van der Waals surface area contributed by atoms with Crippen molar-refractivity contribution < 1.29 is 4.52 Å². The Hall–Kier alpha value is -1.73. The second-order valence-electron chi connectivity index (χ2n) is 3.94. The third-order valence-corrected chi connectivity index (χ3v) is 3.93. The Balaban J connectivity index is 2.02. The van der Waals surface area contributed by atoms with Crippen LogP contribution in [0.4, 0.5) is 5.00 Å². The highest BCUT2D eigenvalue weighted by Gasteiger charge is 2.17. The van der Waals surface area contributed by atoms with E-state index in [1.807, 2.05) is 31.2 Å². The van der Waals surface area contributed by atoms with Gasteiger partial charge in [0.05, 0.1) is 11.3 Å². The van der Waals surface area contributed by atoms with Crippen LogP contribution in [0.2, 0.25) is 0 Å². The zero-order valence-electron chi connectivity index (χ0n) is 9.92. The molecule has 1 aromatic carbocycles. The van der Waals surface area contributed by atoms with Crippen molar-refractivity contribution in [2.45, 2.75) is 6.92 Å². The molecule has 2 N–H and O–H groups in total. The molecular formula is C12H9BrN4OS. The van der Waals surface area contributed by atoms with Gasteiger partial charge in [-0.05, 0) is 42.7 Å². The van der Waals surface area contributed by atoms with Gasteiger partial charge in [0.1, 0.15) is 5.00 Å². The number of nitrogens with two attached hydrogens (primary N) is 1. The maximum absolute atomic E-state index is 5.86. The second-order valence-corrected chi connectivity index (χ2v) is 5.66. The first-order valence-electron chi connectivity index (χ1n) is 5.47. The maximum Gasteiger partial charge on any atom is 0.263 e. The number of aryl methyl sites for hydroxylation is 1. The molecule has 0 aliphatic carbocycles. The summed E-state index contributed by atoms with van der Waals surface area (Å²) in [7, 11) is 0. The standard InChI is InChI=1S/C12H9BrN4OS/c1-6-9(10(14)19-17-6)12-15-11(16-18-12)7-2-4-8(13)5-3-7/h2-5H,14H2,1H3. The number of nitrogen functional groups attached to an aromatic ring is 1. The minimum absolute atomic E-state index is 0.404. The van der Waals surface area contributed by atoms with Gasteiger partial charge in [-0.25, -0.2) is 0 Å². The van der Waals surface area contributed by atoms with Gasteiger partial charge < -0.3 is 10.3 Å². The van der Waals surface area contributed by atoms with Crippen molar-refractivity contribution in [1.29, 1.82) is 0 Å². The summed E-state index contributed by atoms with van der Waals surface area (Å²) in [5.41, 5.74) is 8.27. The molecule has 2 aromatic heterocycles. The zero-order valence-corrected chi connectivity index (χ0v) is 12.3. The predicted octanol–water partition coefficient (Wildman–Crippen LogP) is 3.51. The highest BCUT2D eigenvalue weighted by molar-refractivity contribution is 9.10. The molecule has 0 amide bonds. The van der Waals surface area contributed by atoms with Crippen molar-refractivity contribution >= 4 is 32.5 Å². The van der Waals surface area contributed by atoms with Gasteiger partial charge in [-0.1, -0.05) is 21.1 Å². The summed E-state index contributed by atoms with van der Waals surface area (Å²) in [6, 6.07) is 7.69. The van der Waals surface area contributed by atoms with E-state index in [4.69, 9.17) is 10.3 Å². The molecule has 0 atom stereocenters. The van der Waals surface area contributed by atoms with Crippen LogP contribution >= 0.6 is 27.5 Å². The minimum Gasteiger partial charge on any atom is -0.389 e. The summed E-state index contributed by atoms with van der Waals surface area (Å²) in [4.78, 5) is 4.37. The molecule has 3 rings (SSSR count). The highest BCUT2D eigenvalue weighted by atomic mass is 79.9. The van der Waals surface area contributed by atoms with Gasteiger partial charge in [0.2, 0.25) is 5.82 Å². The summed E-state index contributed by atoms with van der Waals surface area (Å²) in [6.45, 7) is 1.87. The predicted molar refractivity (Wildman–Crippen MR) is 77.7 cm³/mol. The normalized spacial score (nSPS) is 10.8. The lowest BCUT2D eigenvalue weighted by molar-refractivity contribution is 0.432. The Morgan fingerprint density at radius 3 is 2.63 bits per heavy atom. The average molecular weight is 337 g/mol. The lowest BCUT2D eigenvalue weighted by atomic mass is 10.2. The molecule has 2 heterocycles. The molecule has 0 unspecified atom stereocenters. The minimum atomic E-state index is 0.404. The number of benzene rings is 1. The highest BCUT2D eigenvalue weighted by Crippen LogP contribution is 2.32. The van der Waals surface area contributed by atoms with Crippen molar-refractivity contribution in [2.24, 2.45) is 0 Å². The molecule has 0 saturated carbocycles. The fraction of sp³-hybridized carbons (Fsp3) is 0.0833. The van der Waals surface area contributed by atoms with Gasteiger partial charge in [0, 0.05) is 10.0 Å². The largest absolute Gasteiger partial charge is 0.389 e. The van der Waals surface area contributed by atoms with E-state index in [1.54, 1.807) is 0 Å². The van der Waals surface area contributed by atoms with Crippen molar-refractivity contribution in [3.63, 3.8) is 0 Å². The number of aromatic nitrogens is 3. The van der Waals surface area contributed by atoms with Gasteiger partial charge in [-0.15, -0.1) is 0 Å². The SMILES string of the molecule is Cc1nsc(N)c1-c1nc(-c2ccc(Br)cc2)no1. The maximum atomic E-state index is 5.86. The fourth-order valence-corrected chi connectivity index (χ4v) is 2.61. The Labute approximate surface area is 121 Å². The Bertz CT molecular complexity index is 700. The summed E-state index contributed by atoms with van der Waals surface area (Å²) < 4.78 is 10.4. The van der Waals surface area contributed by atoms with Crippen LogP contribution in [0.5, 0.6) is 0 Å². The van der Waals surface area contributed by atoms with Crippen molar-refractivity contribution in [2.75, 3.05) is 5.73 Å². The van der Waals surface area contributed by atoms with Crippen LogP contribution in [-0.2, 0) is 0 Å². The summed E-state index contributed by atoms with van der Waals surface area (Å²) in [6.07, 6.45) is 0. The number of halogens is 1. The number of hydrogen-bond acceptors (Lipinski definition) is 6. The third kappa shape index (κ3) is 2.26. The van der Waals surface area contributed by atoms with E-state index in [9.17, 15) is 0 Å². The summed E-state index contributed by atoms with van der Waals surface area (Å²) in [5.74, 6) is 0.939. The topological polar surface area (TPSA) is 77.8 Å². The molecule has 7 heteroatoms. The van der Waals surface area contributed by atoms with E-state index in [1.165, 1.54) is 11.5 Å². The molecule has 0 bridgehead atoms. The molecule has 5 nitrogen and oxygen atoms in total. The molecular weight excluding hydrogens is 328 g/mol. The van der Waals surface area contributed by atoms with Gasteiger partial charge in [-0.3, -0.25) is 0 Å². The molecule has 0 spiro atoms. The van der Waals surface area contributed by atoms with Crippen LogP contribution in [0.15, 0.2) is 33.3 Å². The van der Waals surface area contributed by atoms with Gasteiger partial charge in [0.15, 0.2) is 0 Å². The van der Waals surface area contributed by atoms with Crippen molar-refractivity contribution in [1.82, 2.24) is 14.5 Å². The Morgan fingerprint density at radius 1 is 1.26 bits per heavy atom. The number of nitrogens with zero attached hydrogens (tertiary/aromatic N) is 3. The molecule has 0 aliphatic heterocycles. The molecule has 96 valence electrons. The van der Waals surface area contributed by atoms with E-state index < -0.39 is 0 Å². The molecule has 3 aromatic rings. The first-order valence-corrected chi connectivity index (χ1v) is 7.03. The Morgan fingerprint density at radius 2 is 2.00 bits per heavy atom. The number of hydrogen-bond donors (Lipinski definition) is 1.